The summed E-state index contributed by atoms with van der Waals surface area (Å²) in [4.78, 5) is 35.2. The van der Waals surface area contributed by atoms with Gasteiger partial charge in [0.15, 0.2) is 11.5 Å². The van der Waals surface area contributed by atoms with Gasteiger partial charge in [0.1, 0.15) is 5.75 Å². The van der Waals surface area contributed by atoms with Gasteiger partial charge in [0.2, 0.25) is 6.04 Å². The monoisotopic (exact) mass is 436 g/mol. The Labute approximate surface area is 174 Å². The van der Waals surface area contributed by atoms with Gasteiger partial charge in [0, 0.05) is 11.0 Å². The van der Waals surface area contributed by atoms with Crippen LogP contribution in [0.3, 0.4) is 0 Å². The SMILES string of the molecule is COc1ccccc1NC(=O)C(N=Nc1ccc(SOOO)cc1[N+](=O)[O-])C(C)=O. The summed E-state index contributed by atoms with van der Waals surface area (Å²) in [6, 6.07) is 8.73. The van der Waals surface area contributed by atoms with Gasteiger partial charge in [-0.05, 0) is 31.2 Å². The summed E-state index contributed by atoms with van der Waals surface area (Å²) in [5.74, 6) is -1.02. The molecule has 0 aliphatic carbocycles. The number of ketones is 1. The van der Waals surface area contributed by atoms with Crippen LogP contribution >= 0.6 is 12.0 Å². The fraction of sp³-hybridized carbons (Fsp3) is 0.176. The average molecular weight is 436 g/mol. The number of nitro groups is 1. The first-order valence-electron chi connectivity index (χ1n) is 8.15. The van der Waals surface area contributed by atoms with Crippen molar-refractivity contribution in [3.05, 3.63) is 52.6 Å². The standard InChI is InChI=1S/C17H16N4O8S/c1-10(22)16(17(23)18-13-5-3-4-6-15(13)27-2)20-19-12-8-7-11(30-29-28-26)9-14(12)21(24)25/h3-9,16,26H,1-2H3,(H,18,23). The van der Waals surface area contributed by atoms with E-state index in [1.54, 1.807) is 24.3 Å². The molecule has 0 aliphatic rings. The highest BCUT2D eigenvalue weighted by Gasteiger charge is 2.25. The Kier molecular flexibility index (Phi) is 8.37. The predicted molar refractivity (Wildman–Crippen MR) is 104 cm³/mol. The number of nitro benzene ring substituents is 1. The molecule has 158 valence electrons. The van der Waals surface area contributed by atoms with Crippen LogP contribution < -0.4 is 10.1 Å². The molecule has 30 heavy (non-hydrogen) atoms. The first-order chi connectivity index (χ1) is 14.4. The third-order valence-electron chi connectivity index (χ3n) is 3.58. The van der Waals surface area contributed by atoms with Gasteiger partial charge in [-0.15, -0.1) is 9.45 Å². The van der Waals surface area contributed by atoms with Crippen molar-refractivity contribution >= 4 is 40.8 Å². The van der Waals surface area contributed by atoms with Crippen molar-refractivity contribution in [3.8, 4) is 5.75 Å². The summed E-state index contributed by atoms with van der Waals surface area (Å²) in [5, 5.41) is 32.8. The number of rotatable bonds is 10. The summed E-state index contributed by atoms with van der Waals surface area (Å²) in [6.07, 6.45) is 0. The maximum Gasteiger partial charge on any atom is 0.297 e. The van der Waals surface area contributed by atoms with Gasteiger partial charge in [0.05, 0.1) is 29.8 Å². The molecule has 0 fully saturated rings. The maximum absolute atomic E-state index is 12.5. The number of benzene rings is 2. The minimum atomic E-state index is -1.53. The Morgan fingerprint density at radius 2 is 2.00 bits per heavy atom. The maximum atomic E-state index is 12.5. The van der Waals surface area contributed by atoms with Crippen LogP contribution in [0.25, 0.3) is 0 Å². The van der Waals surface area contributed by atoms with Crippen molar-refractivity contribution in [3.63, 3.8) is 0 Å². The van der Waals surface area contributed by atoms with Crippen LogP contribution in [0.2, 0.25) is 0 Å². The smallest absolute Gasteiger partial charge is 0.297 e. The number of carbonyl (C=O) groups is 2. The molecule has 0 saturated heterocycles. The number of carbonyl (C=O) groups excluding carboxylic acids is 2. The second kappa shape index (κ2) is 11.0. The zero-order valence-corrected chi connectivity index (χ0v) is 16.5. The minimum absolute atomic E-state index is 0.189. The third-order valence-corrected chi connectivity index (χ3v) is 4.16. The van der Waals surface area contributed by atoms with E-state index in [2.05, 4.69) is 24.9 Å². The van der Waals surface area contributed by atoms with Crippen LogP contribution in [0.15, 0.2) is 57.6 Å². The molecular weight excluding hydrogens is 420 g/mol. The third kappa shape index (κ3) is 6.05. The van der Waals surface area contributed by atoms with Gasteiger partial charge in [-0.1, -0.05) is 17.2 Å². The summed E-state index contributed by atoms with van der Waals surface area (Å²) >= 11 is 0.521. The Balaban J connectivity index is 2.26. The predicted octanol–water partition coefficient (Wildman–Crippen LogP) is 3.71. The lowest BCUT2D eigenvalue weighted by molar-refractivity contribution is -0.432. The van der Waals surface area contributed by atoms with Gasteiger partial charge in [-0.2, -0.15) is 5.11 Å². The normalized spacial score (nSPS) is 11.8. The first kappa shape index (κ1) is 22.9. The van der Waals surface area contributed by atoms with E-state index in [4.69, 9.17) is 9.99 Å². The van der Waals surface area contributed by atoms with Gasteiger partial charge in [-0.25, -0.2) is 5.26 Å². The Morgan fingerprint density at radius 3 is 2.63 bits per heavy atom. The number of hydrogen-bond donors (Lipinski definition) is 2. The van der Waals surface area contributed by atoms with Gasteiger partial charge in [0.25, 0.3) is 11.6 Å². The lowest BCUT2D eigenvalue weighted by atomic mass is 10.2. The van der Waals surface area contributed by atoms with E-state index in [0.29, 0.717) is 23.5 Å². The van der Waals surface area contributed by atoms with Crippen molar-refractivity contribution in [2.45, 2.75) is 17.9 Å². The highest BCUT2D eigenvalue weighted by molar-refractivity contribution is 7.94. The number of nitrogens with zero attached hydrogens (tertiary/aromatic N) is 3. The van der Waals surface area contributed by atoms with E-state index in [9.17, 15) is 19.7 Å². The molecule has 2 N–H and O–H groups in total. The minimum Gasteiger partial charge on any atom is -0.495 e. The largest absolute Gasteiger partial charge is 0.495 e. The molecule has 2 aromatic carbocycles. The van der Waals surface area contributed by atoms with Crippen molar-refractivity contribution in [2.75, 3.05) is 12.4 Å². The molecule has 1 atom stereocenters. The van der Waals surface area contributed by atoms with Crippen LogP contribution in [-0.2, 0) is 19.0 Å². The molecule has 1 amide bonds. The number of ether oxygens (including phenoxy) is 1. The molecule has 0 aromatic heterocycles. The number of hydrogen-bond acceptors (Lipinski definition) is 11. The second-order valence-electron chi connectivity index (χ2n) is 5.55. The van der Waals surface area contributed by atoms with Crippen molar-refractivity contribution < 1.29 is 33.9 Å². The van der Waals surface area contributed by atoms with E-state index in [1.807, 2.05) is 0 Å². The van der Waals surface area contributed by atoms with Crippen LogP contribution in [0.1, 0.15) is 6.92 Å². The molecule has 0 saturated carbocycles. The fourth-order valence-electron chi connectivity index (χ4n) is 2.23. The van der Waals surface area contributed by atoms with Crippen molar-refractivity contribution in [2.24, 2.45) is 10.2 Å². The molecule has 0 radical (unpaired) electrons. The molecule has 12 nitrogen and oxygen atoms in total. The number of methoxy groups -OCH3 is 1. The number of amides is 1. The molecule has 0 heterocycles. The van der Waals surface area contributed by atoms with E-state index >= 15 is 0 Å². The van der Waals surface area contributed by atoms with E-state index in [0.717, 1.165) is 13.0 Å². The number of para-hydroxylation sites is 2. The molecule has 0 spiro atoms. The molecule has 0 bridgehead atoms. The Bertz CT molecular complexity index is 969. The molecule has 0 aliphatic heterocycles. The number of nitrogens with one attached hydrogen (secondary N) is 1. The fourth-order valence-corrected chi connectivity index (χ4v) is 2.62. The summed E-state index contributed by atoms with van der Waals surface area (Å²) < 4.78 is 9.35. The van der Waals surface area contributed by atoms with Crippen molar-refractivity contribution in [1.82, 2.24) is 0 Å². The lowest BCUT2D eigenvalue weighted by Crippen LogP contribution is -2.31. The van der Waals surface area contributed by atoms with Gasteiger partial charge >= 0.3 is 0 Å². The van der Waals surface area contributed by atoms with Gasteiger partial charge < -0.3 is 10.1 Å². The van der Waals surface area contributed by atoms with E-state index < -0.39 is 28.3 Å². The topological polar surface area (TPSA) is 162 Å². The summed E-state index contributed by atoms with van der Waals surface area (Å²) in [5.41, 5.74) is -0.326. The molecule has 13 heteroatoms. The average Bonchev–Trinajstić information content (AvgIpc) is 2.72. The molecule has 2 aromatic rings. The summed E-state index contributed by atoms with van der Waals surface area (Å²) in [6.45, 7) is 1.14. The van der Waals surface area contributed by atoms with Crippen LogP contribution in [0.4, 0.5) is 17.1 Å². The Hall–Kier alpha value is -3.39. The highest BCUT2D eigenvalue weighted by Crippen LogP contribution is 2.33. The zero-order chi connectivity index (χ0) is 22.1. The van der Waals surface area contributed by atoms with Gasteiger partial charge in [-0.3, -0.25) is 19.7 Å². The molecule has 1 unspecified atom stereocenters. The van der Waals surface area contributed by atoms with Crippen LogP contribution in [0.5, 0.6) is 5.75 Å². The number of anilines is 1. The number of azo groups is 1. The van der Waals surface area contributed by atoms with Crippen LogP contribution in [0, 0.1) is 10.1 Å². The quantitative estimate of drug-likeness (QED) is 0.141. The number of Topliss-reactive ketones (excluding diaryl/α,β-unsaturated/α-hetero) is 1. The van der Waals surface area contributed by atoms with E-state index in [1.165, 1.54) is 19.2 Å². The second-order valence-corrected chi connectivity index (χ2v) is 6.33. The first-order valence-corrected chi connectivity index (χ1v) is 8.90. The van der Waals surface area contributed by atoms with E-state index in [-0.39, 0.29) is 10.6 Å². The highest BCUT2D eigenvalue weighted by atomic mass is 32.2. The van der Waals surface area contributed by atoms with Crippen molar-refractivity contribution in [1.29, 1.82) is 0 Å². The summed E-state index contributed by atoms with van der Waals surface area (Å²) in [7, 11) is 1.42. The zero-order valence-electron chi connectivity index (χ0n) is 15.7. The lowest BCUT2D eigenvalue weighted by Gasteiger charge is -2.12. The molecule has 2 rings (SSSR count). The molecular formula is C17H16N4O8S. The Morgan fingerprint density at radius 1 is 1.27 bits per heavy atom. The van der Waals surface area contributed by atoms with Crippen LogP contribution in [-0.4, -0.2) is 35.0 Å².